The van der Waals surface area contributed by atoms with E-state index >= 15 is 0 Å². The van der Waals surface area contributed by atoms with E-state index in [-0.39, 0.29) is 1.43 Å². The Morgan fingerprint density at radius 2 is 2.75 bits per heavy atom. The predicted molar refractivity (Wildman–Crippen MR) is 32.7 cm³/mol. The molecule has 1 heterocycles. The molecule has 0 atom stereocenters. The molecule has 46 valence electrons. The third kappa shape index (κ3) is 1.19. The molecule has 0 unspecified atom stereocenters. The van der Waals surface area contributed by atoms with Crippen molar-refractivity contribution < 1.29 is 1.43 Å². The van der Waals surface area contributed by atoms with Crippen LogP contribution in [0.4, 0.5) is 0 Å². The van der Waals surface area contributed by atoms with Crippen LogP contribution in [0.2, 0.25) is 0 Å². The number of aromatic nitrogens is 4. The predicted octanol–water partition coefficient (Wildman–Crippen LogP) is 0.558. The molecule has 0 radical (unpaired) electrons. The zero-order chi connectivity index (χ0) is 5.82. The number of H-pyrrole nitrogens is 1. The van der Waals surface area contributed by atoms with Crippen LogP contribution in [0.5, 0.6) is 0 Å². The maximum atomic E-state index is 3.72. The SMILES string of the molecule is CCSc1nn[nH]n1.[HH]. The van der Waals surface area contributed by atoms with Crippen LogP contribution in [0.25, 0.3) is 0 Å². The first-order valence-electron chi connectivity index (χ1n) is 2.29. The quantitative estimate of drug-likeness (QED) is 0.597. The number of nitrogens with zero attached hydrogens (tertiary/aromatic N) is 3. The van der Waals surface area contributed by atoms with Crippen LogP contribution in [0.15, 0.2) is 5.16 Å². The van der Waals surface area contributed by atoms with Crippen molar-refractivity contribution in [1.82, 2.24) is 20.6 Å². The van der Waals surface area contributed by atoms with Gasteiger partial charge in [0.05, 0.1) is 0 Å². The average molecular weight is 132 g/mol. The highest BCUT2D eigenvalue weighted by atomic mass is 32.2. The van der Waals surface area contributed by atoms with Gasteiger partial charge in [0.1, 0.15) is 0 Å². The molecular formula is C3H8N4S. The molecule has 0 bridgehead atoms. The van der Waals surface area contributed by atoms with Gasteiger partial charge in [-0.05, 0) is 11.0 Å². The summed E-state index contributed by atoms with van der Waals surface area (Å²) in [6.07, 6.45) is 0. The lowest BCUT2D eigenvalue weighted by atomic mass is 11.0. The zero-order valence-corrected chi connectivity index (χ0v) is 5.27. The standard InChI is InChI=1S/C3H6N4S.H2/c1-2-8-3-4-6-7-5-3;/h2H2,1H3,(H,4,5,6,7);1H. The maximum absolute atomic E-state index is 3.72. The van der Waals surface area contributed by atoms with Gasteiger partial charge in [0, 0.05) is 1.43 Å². The third-order valence-electron chi connectivity index (χ3n) is 0.599. The van der Waals surface area contributed by atoms with Crippen molar-refractivity contribution in [3.05, 3.63) is 0 Å². The van der Waals surface area contributed by atoms with E-state index in [4.69, 9.17) is 0 Å². The second-order valence-electron chi connectivity index (χ2n) is 1.13. The Bertz CT molecular complexity index is 142. The number of aromatic amines is 1. The molecule has 1 aromatic heterocycles. The van der Waals surface area contributed by atoms with E-state index in [1.54, 1.807) is 11.8 Å². The van der Waals surface area contributed by atoms with Gasteiger partial charge >= 0.3 is 0 Å². The fraction of sp³-hybridized carbons (Fsp3) is 0.667. The summed E-state index contributed by atoms with van der Waals surface area (Å²) in [6, 6.07) is 0. The van der Waals surface area contributed by atoms with Gasteiger partial charge in [-0.1, -0.05) is 18.7 Å². The smallest absolute Gasteiger partial charge is 0.176 e. The molecule has 0 saturated heterocycles. The molecule has 8 heavy (non-hydrogen) atoms. The van der Waals surface area contributed by atoms with Crippen LogP contribution in [0.1, 0.15) is 8.35 Å². The van der Waals surface area contributed by atoms with Crippen molar-refractivity contribution in [1.29, 1.82) is 0 Å². The minimum atomic E-state index is 0. The van der Waals surface area contributed by atoms with Gasteiger partial charge in [-0.3, -0.25) is 0 Å². The summed E-state index contributed by atoms with van der Waals surface area (Å²) < 4.78 is 0. The minimum absolute atomic E-state index is 0. The molecule has 0 amide bonds. The monoisotopic (exact) mass is 132 g/mol. The Balaban J connectivity index is 0.000000640. The van der Waals surface area contributed by atoms with Crippen molar-refractivity contribution in [3.63, 3.8) is 0 Å². The summed E-state index contributed by atoms with van der Waals surface area (Å²) in [5, 5.41) is 13.9. The Kier molecular flexibility index (Phi) is 1.85. The van der Waals surface area contributed by atoms with Crippen molar-refractivity contribution in [2.45, 2.75) is 12.1 Å². The van der Waals surface area contributed by atoms with Gasteiger partial charge in [0.25, 0.3) is 0 Å². The molecule has 0 fully saturated rings. The molecule has 0 aliphatic rings. The Morgan fingerprint density at radius 1 is 1.88 bits per heavy atom. The second kappa shape index (κ2) is 2.66. The summed E-state index contributed by atoms with van der Waals surface area (Å²) >= 11 is 1.57. The average Bonchev–Trinajstić information content (AvgIpc) is 2.19. The molecule has 1 aromatic rings. The van der Waals surface area contributed by atoms with Crippen molar-refractivity contribution >= 4 is 11.8 Å². The zero-order valence-electron chi connectivity index (χ0n) is 4.46. The Labute approximate surface area is 52.5 Å². The topological polar surface area (TPSA) is 54.5 Å². The van der Waals surface area contributed by atoms with Gasteiger partial charge in [-0.15, -0.1) is 10.2 Å². The highest BCUT2D eigenvalue weighted by Crippen LogP contribution is 2.06. The number of nitrogens with one attached hydrogen (secondary N) is 1. The molecule has 1 rings (SSSR count). The summed E-state index contributed by atoms with van der Waals surface area (Å²) in [6.45, 7) is 2.04. The summed E-state index contributed by atoms with van der Waals surface area (Å²) in [5.74, 6) is 0.986. The maximum Gasteiger partial charge on any atom is 0.230 e. The molecular weight excluding hydrogens is 124 g/mol. The lowest BCUT2D eigenvalue weighted by molar-refractivity contribution is 0.881. The van der Waals surface area contributed by atoms with Crippen LogP contribution in [0, 0.1) is 0 Å². The van der Waals surface area contributed by atoms with E-state index < -0.39 is 0 Å². The van der Waals surface area contributed by atoms with Gasteiger partial charge in [0.2, 0.25) is 5.16 Å². The van der Waals surface area contributed by atoms with Gasteiger partial charge in [-0.2, -0.15) is 5.21 Å². The first kappa shape index (κ1) is 5.55. The molecule has 0 saturated carbocycles. The lowest BCUT2D eigenvalue weighted by Crippen LogP contribution is -1.73. The lowest BCUT2D eigenvalue weighted by Gasteiger charge is -1.80. The molecule has 0 spiro atoms. The Morgan fingerprint density at radius 3 is 3.25 bits per heavy atom. The Hall–Kier alpha value is -0.580. The van der Waals surface area contributed by atoms with E-state index in [1.165, 1.54) is 0 Å². The van der Waals surface area contributed by atoms with E-state index in [1.807, 2.05) is 6.92 Å². The fourth-order valence-electron chi connectivity index (χ4n) is 0.343. The molecule has 0 aliphatic heterocycles. The van der Waals surface area contributed by atoms with Gasteiger partial charge in [0.15, 0.2) is 0 Å². The van der Waals surface area contributed by atoms with Gasteiger partial charge in [-0.25, -0.2) is 0 Å². The minimum Gasteiger partial charge on any atom is -0.176 e. The molecule has 0 aliphatic carbocycles. The largest absolute Gasteiger partial charge is 0.230 e. The van der Waals surface area contributed by atoms with Crippen molar-refractivity contribution in [2.24, 2.45) is 0 Å². The highest BCUT2D eigenvalue weighted by Gasteiger charge is 1.92. The van der Waals surface area contributed by atoms with Crippen molar-refractivity contribution in [3.8, 4) is 0 Å². The fourth-order valence-corrected chi connectivity index (χ4v) is 0.805. The summed E-state index contributed by atoms with van der Waals surface area (Å²) in [4.78, 5) is 0. The number of hydrogen-bond donors (Lipinski definition) is 1. The van der Waals surface area contributed by atoms with Crippen LogP contribution in [-0.2, 0) is 0 Å². The molecule has 4 nitrogen and oxygen atoms in total. The number of hydrogen-bond acceptors (Lipinski definition) is 4. The van der Waals surface area contributed by atoms with Crippen LogP contribution >= 0.6 is 11.8 Å². The normalized spacial score (nSPS) is 9.62. The first-order chi connectivity index (χ1) is 3.93. The summed E-state index contributed by atoms with van der Waals surface area (Å²) in [5.41, 5.74) is 0. The van der Waals surface area contributed by atoms with Crippen molar-refractivity contribution in [2.75, 3.05) is 5.75 Å². The van der Waals surface area contributed by atoms with Crippen LogP contribution in [-0.4, -0.2) is 26.4 Å². The van der Waals surface area contributed by atoms with E-state index in [9.17, 15) is 0 Å². The molecule has 0 aromatic carbocycles. The third-order valence-corrected chi connectivity index (χ3v) is 1.32. The summed E-state index contributed by atoms with van der Waals surface area (Å²) in [7, 11) is 0. The number of tetrazole rings is 1. The van der Waals surface area contributed by atoms with Crippen LogP contribution in [0.3, 0.4) is 0 Å². The number of thioether (sulfide) groups is 1. The van der Waals surface area contributed by atoms with E-state index in [0.29, 0.717) is 5.16 Å². The highest BCUT2D eigenvalue weighted by molar-refractivity contribution is 7.99. The van der Waals surface area contributed by atoms with E-state index in [2.05, 4.69) is 20.6 Å². The second-order valence-corrected chi connectivity index (χ2v) is 2.36. The van der Waals surface area contributed by atoms with Crippen LogP contribution < -0.4 is 0 Å². The molecule has 1 N–H and O–H groups in total. The van der Waals surface area contributed by atoms with Gasteiger partial charge < -0.3 is 0 Å². The van der Waals surface area contributed by atoms with E-state index in [0.717, 1.165) is 5.75 Å². The number of rotatable bonds is 2. The molecule has 5 heteroatoms. The first-order valence-corrected chi connectivity index (χ1v) is 3.28.